The summed E-state index contributed by atoms with van der Waals surface area (Å²) in [5, 5.41) is 0. The lowest BCUT2D eigenvalue weighted by atomic mass is 10.1. The van der Waals surface area contributed by atoms with Crippen LogP contribution in [0.2, 0.25) is 0 Å². The lowest BCUT2D eigenvalue weighted by molar-refractivity contribution is 0.544. The van der Waals surface area contributed by atoms with Gasteiger partial charge in [-0.3, -0.25) is 4.98 Å². The Bertz CT molecular complexity index is 678. The summed E-state index contributed by atoms with van der Waals surface area (Å²) >= 11 is 1.49. The van der Waals surface area contributed by atoms with Gasteiger partial charge in [0.2, 0.25) is 10.0 Å². The van der Waals surface area contributed by atoms with Crippen molar-refractivity contribution in [2.24, 2.45) is 0 Å². The van der Waals surface area contributed by atoms with Crippen LogP contribution in [-0.2, 0) is 10.0 Å². The van der Waals surface area contributed by atoms with E-state index < -0.39 is 10.0 Å². The van der Waals surface area contributed by atoms with E-state index in [1.165, 1.54) is 11.3 Å². The molecule has 0 aliphatic heterocycles. The monoisotopic (exact) mass is 310 g/mol. The van der Waals surface area contributed by atoms with E-state index in [-0.39, 0.29) is 6.04 Å². The Hall–Kier alpha value is -1.24. The SMILES string of the molecule is CC[C@H](NS(=O)(=O)c1cc(C)sc1C)c1ccccn1. The molecule has 2 aromatic heterocycles. The first-order chi connectivity index (χ1) is 9.44. The van der Waals surface area contributed by atoms with Gasteiger partial charge in [-0.2, -0.15) is 0 Å². The van der Waals surface area contributed by atoms with E-state index in [4.69, 9.17) is 0 Å². The highest BCUT2D eigenvalue weighted by molar-refractivity contribution is 7.89. The molecule has 2 aromatic rings. The Balaban J connectivity index is 2.29. The molecule has 0 saturated carbocycles. The van der Waals surface area contributed by atoms with Gasteiger partial charge in [-0.05, 0) is 38.5 Å². The Morgan fingerprint density at radius 2 is 2.10 bits per heavy atom. The third-order valence-electron chi connectivity index (χ3n) is 3.04. The first-order valence-electron chi connectivity index (χ1n) is 6.44. The predicted octanol–water partition coefficient (Wildman–Crippen LogP) is 3.19. The molecule has 2 rings (SSSR count). The molecule has 0 radical (unpaired) electrons. The molecule has 0 bridgehead atoms. The number of hydrogen-bond donors (Lipinski definition) is 1. The third-order valence-corrected chi connectivity index (χ3v) is 5.73. The Kier molecular flexibility index (Phi) is 4.57. The van der Waals surface area contributed by atoms with E-state index in [2.05, 4.69) is 9.71 Å². The van der Waals surface area contributed by atoms with Crippen molar-refractivity contribution in [2.45, 2.75) is 38.1 Å². The zero-order valence-corrected chi connectivity index (χ0v) is 13.4. The zero-order valence-electron chi connectivity index (χ0n) is 11.8. The Morgan fingerprint density at radius 3 is 2.60 bits per heavy atom. The molecule has 2 heterocycles. The molecule has 1 N–H and O–H groups in total. The summed E-state index contributed by atoms with van der Waals surface area (Å²) in [4.78, 5) is 6.41. The maximum atomic E-state index is 12.5. The second-order valence-corrected chi connectivity index (χ2v) is 7.76. The van der Waals surface area contributed by atoms with E-state index in [1.807, 2.05) is 39.0 Å². The molecule has 0 aliphatic carbocycles. The van der Waals surface area contributed by atoms with Crippen LogP contribution in [0.25, 0.3) is 0 Å². The molecule has 0 unspecified atom stereocenters. The number of nitrogens with one attached hydrogen (secondary N) is 1. The van der Waals surface area contributed by atoms with Crippen molar-refractivity contribution in [1.29, 1.82) is 0 Å². The minimum absolute atomic E-state index is 0.305. The molecule has 4 nitrogen and oxygen atoms in total. The highest BCUT2D eigenvalue weighted by atomic mass is 32.2. The van der Waals surface area contributed by atoms with Crippen LogP contribution in [-0.4, -0.2) is 13.4 Å². The highest BCUT2D eigenvalue weighted by Gasteiger charge is 2.23. The molecular weight excluding hydrogens is 292 g/mol. The number of hydrogen-bond acceptors (Lipinski definition) is 4. The van der Waals surface area contributed by atoms with Gasteiger partial charge in [-0.15, -0.1) is 11.3 Å². The van der Waals surface area contributed by atoms with E-state index in [0.717, 1.165) is 15.4 Å². The average Bonchev–Trinajstić information content (AvgIpc) is 2.77. The smallest absolute Gasteiger partial charge is 0.242 e. The standard InChI is InChI=1S/C14H18N2O2S2/c1-4-12(13-7-5-6-8-15-13)16-20(17,18)14-9-10(2)19-11(14)3/h5-9,12,16H,4H2,1-3H3/t12-/m0/s1. The first kappa shape index (κ1) is 15.2. The van der Waals surface area contributed by atoms with Crippen LogP contribution in [0.3, 0.4) is 0 Å². The Morgan fingerprint density at radius 1 is 1.35 bits per heavy atom. The number of sulfonamides is 1. The van der Waals surface area contributed by atoms with Gasteiger partial charge < -0.3 is 0 Å². The summed E-state index contributed by atoms with van der Waals surface area (Å²) in [5.41, 5.74) is 0.739. The van der Waals surface area contributed by atoms with Crippen LogP contribution in [0, 0.1) is 13.8 Å². The average molecular weight is 310 g/mol. The largest absolute Gasteiger partial charge is 0.260 e. The summed E-state index contributed by atoms with van der Waals surface area (Å²) in [6.45, 7) is 5.67. The molecule has 6 heteroatoms. The number of aryl methyl sites for hydroxylation is 2. The maximum Gasteiger partial charge on any atom is 0.242 e. The van der Waals surface area contributed by atoms with Gasteiger partial charge in [0.25, 0.3) is 0 Å². The second-order valence-electron chi connectivity index (χ2n) is 4.61. The van der Waals surface area contributed by atoms with Crippen molar-refractivity contribution < 1.29 is 8.42 Å². The van der Waals surface area contributed by atoms with Gasteiger partial charge in [0, 0.05) is 16.0 Å². The summed E-state index contributed by atoms with van der Waals surface area (Å²) in [5.74, 6) is 0. The van der Waals surface area contributed by atoms with Gasteiger partial charge in [-0.1, -0.05) is 13.0 Å². The van der Waals surface area contributed by atoms with Crippen LogP contribution in [0.4, 0.5) is 0 Å². The van der Waals surface area contributed by atoms with Gasteiger partial charge in [0.1, 0.15) is 0 Å². The number of pyridine rings is 1. The molecule has 20 heavy (non-hydrogen) atoms. The summed E-state index contributed by atoms with van der Waals surface area (Å²) < 4.78 is 27.7. The molecule has 108 valence electrons. The van der Waals surface area contributed by atoms with Gasteiger partial charge in [0.05, 0.1) is 16.6 Å². The van der Waals surface area contributed by atoms with Crippen molar-refractivity contribution in [3.8, 4) is 0 Å². The third kappa shape index (κ3) is 3.26. The van der Waals surface area contributed by atoms with Crippen molar-refractivity contribution >= 4 is 21.4 Å². The highest BCUT2D eigenvalue weighted by Crippen LogP contribution is 2.26. The van der Waals surface area contributed by atoms with Crippen molar-refractivity contribution in [2.75, 3.05) is 0 Å². The normalized spacial score (nSPS) is 13.3. The number of aromatic nitrogens is 1. The molecule has 0 aliphatic rings. The van der Waals surface area contributed by atoms with E-state index in [9.17, 15) is 8.42 Å². The molecule has 0 aromatic carbocycles. The van der Waals surface area contributed by atoms with Crippen LogP contribution >= 0.6 is 11.3 Å². The van der Waals surface area contributed by atoms with Crippen LogP contribution in [0.5, 0.6) is 0 Å². The molecule has 1 atom stereocenters. The number of thiophene rings is 1. The fraction of sp³-hybridized carbons (Fsp3) is 0.357. The van der Waals surface area contributed by atoms with Crippen LogP contribution in [0.15, 0.2) is 35.4 Å². The van der Waals surface area contributed by atoms with Crippen molar-refractivity contribution in [1.82, 2.24) is 9.71 Å². The van der Waals surface area contributed by atoms with E-state index in [0.29, 0.717) is 11.3 Å². The van der Waals surface area contributed by atoms with Gasteiger partial charge in [0.15, 0.2) is 0 Å². The summed E-state index contributed by atoms with van der Waals surface area (Å²) in [7, 11) is -3.51. The zero-order chi connectivity index (χ0) is 14.8. The van der Waals surface area contributed by atoms with Crippen molar-refractivity contribution in [3.63, 3.8) is 0 Å². The molecule has 0 spiro atoms. The van der Waals surface area contributed by atoms with Crippen LogP contribution < -0.4 is 4.72 Å². The van der Waals surface area contributed by atoms with Crippen molar-refractivity contribution in [3.05, 3.63) is 45.9 Å². The molecule has 0 amide bonds. The van der Waals surface area contributed by atoms with E-state index in [1.54, 1.807) is 12.3 Å². The molecular formula is C14H18N2O2S2. The second kappa shape index (κ2) is 6.03. The number of rotatable bonds is 5. The van der Waals surface area contributed by atoms with E-state index >= 15 is 0 Å². The van der Waals surface area contributed by atoms with Crippen LogP contribution in [0.1, 0.15) is 34.8 Å². The minimum Gasteiger partial charge on any atom is -0.260 e. The quantitative estimate of drug-likeness (QED) is 0.922. The minimum atomic E-state index is -3.51. The summed E-state index contributed by atoms with van der Waals surface area (Å²) in [6, 6.07) is 6.92. The molecule has 0 saturated heterocycles. The molecule has 0 fully saturated rings. The Labute approximate surface area is 123 Å². The summed E-state index contributed by atoms with van der Waals surface area (Å²) in [6.07, 6.45) is 2.32. The van der Waals surface area contributed by atoms with Gasteiger partial charge in [-0.25, -0.2) is 13.1 Å². The maximum absolute atomic E-state index is 12.5. The predicted molar refractivity (Wildman–Crippen MR) is 81.4 cm³/mol. The van der Waals surface area contributed by atoms with Gasteiger partial charge >= 0.3 is 0 Å². The lowest BCUT2D eigenvalue weighted by Gasteiger charge is -2.16. The fourth-order valence-corrected chi connectivity index (χ4v) is 4.91. The number of nitrogens with zero attached hydrogens (tertiary/aromatic N) is 1. The fourth-order valence-electron chi connectivity index (χ4n) is 2.06. The first-order valence-corrected chi connectivity index (χ1v) is 8.74. The lowest BCUT2D eigenvalue weighted by Crippen LogP contribution is -2.29. The topological polar surface area (TPSA) is 59.1 Å².